The van der Waals surface area contributed by atoms with Gasteiger partial charge in [-0.1, -0.05) is 32.4 Å². The fourth-order valence-corrected chi connectivity index (χ4v) is 5.93. The van der Waals surface area contributed by atoms with Crippen LogP contribution in [0.25, 0.3) is 0 Å². The highest BCUT2D eigenvalue weighted by Crippen LogP contribution is 2.62. The third-order valence-electron chi connectivity index (χ3n) is 7.48. The number of carbonyl (C=O) groups is 2. The van der Waals surface area contributed by atoms with Crippen molar-refractivity contribution in [2.75, 3.05) is 6.61 Å². The molecule has 3 aliphatic rings. The molecule has 3 nitrogen and oxygen atoms in total. The highest BCUT2D eigenvalue weighted by molar-refractivity contribution is 5.88. The van der Waals surface area contributed by atoms with Gasteiger partial charge >= 0.3 is 0 Å². The van der Waals surface area contributed by atoms with Gasteiger partial charge in [0, 0.05) is 17.3 Å². The molecule has 0 bridgehead atoms. The summed E-state index contributed by atoms with van der Waals surface area (Å²) in [5, 5.41) is 9.27. The zero-order valence-corrected chi connectivity index (χ0v) is 14.9. The molecule has 1 N–H and O–H groups in total. The van der Waals surface area contributed by atoms with Gasteiger partial charge in [-0.05, 0) is 56.3 Å². The number of ketones is 2. The van der Waals surface area contributed by atoms with Gasteiger partial charge in [-0.15, -0.1) is 0 Å². The van der Waals surface area contributed by atoms with E-state index in [1.807, 2.05) is 6.92 Å². The highest BCUT2D eigenvalue weighted by atomic mass is 16.3. The number of aliphatic hydroxyl groups excluding tert-OH is 1. The third-order valence-corrected chi connectivity index (χ3v) is 7.48. The van der Waals surface area contributed by atoms with Crippen molar-refractivity contribution in [2.24, 2.45) is 28.1 Å². The molecular weight excluding hydrogens is 288 g/mol. The summed E-state index contributed by atoms with van der Waals surface area (Å²) in [7, 11) is 0. The van der Waals surface area contributed by atoms with E-state index >= 15 is 0 Å². The second kappa shape index (κ2) is 5.27. The Bertz CT molecular complexity index is 573. The molecule has 128 valence electrons. The van der Waals surface area contributed by atoms with Gasteiger partial charge in [-0.3, -0.25) is 9.59 Å². The Kier molecular flexibility index (Phi) is 3.87. The maximum absolute atomic E-state index is 12.4. The molecule has 0 aromatic rings. The monoisotopic (exact) mass is 318 g/mol. The lowest BCUT2D eigenvalue weighted by molar-refractivity contribution is -0.145. The molecule has 0 heterocycles. The first kappa shape index (κ1) is 16.9. The maximum Gasteiger partial charge on any atom is 0.167 e. The molecule has 3 aliphatic carbocycles. The number of allylic oxidation sites excluding steroid dienone is 2. The van der Waals surface area contributed by atoms with Gasteiger partial charge in [0.25, 0.3) is 0 Å². The molecule has 23 heavy (non-hydrogen) atoms. The number of hydrogen-bond donors (Lipinski definition) is 1. The smallest absolute Gasteiger partial charge is 0.167 e. The largest absolute Gasteiger partial charge is 0.389 e. The molecule has 0 aromatic heterocycles. The van der Waals surface area contributed by atoms with Gasteiger partial charge in [0.05, 0.1) is 0 Å². The van der Waals surface area contributed by atoms with Gasteiger partial charge in [0.1, 0.15) is 12.4 Å². The first-order valence-corrected chi connectivity index (χ1v) is 9.04. The fourth-order valence-electron chi connectivity index (χ4n) is 5.93. The third kappa shape index (κ3) is 2.34. The Morgan fingerprint density at radius 3 is 2.52 bits per heavy atom. The second-order valence-corrected chi connectivity index (χ2v) is 9.05. The molecule has 2 saturated carbocycles. The molecule has 2 fully saturated rings. The molecule has 0 unspecified atom stereocenters. The fraction of sp³-hybridized carbons (Fsp3) is 0.800. The minimum Gasteiger partial charge on any atom is -0.389 e. The Morgan fingerprint density at radius 2 is 1.87 bits per heavy atom. The van der Waals surface area contributed by atoms with Gasteiger partial charge in [0.2, 0.25) is 0 Å². The first-order chi connectivity index (χ1) is 10.6. The van der Waals surface area contributed by atoms with Crippen LogP contribution in [0, 0.1) is 28.1 Å². The number of Topliss-reactive ketones (excluding diaryl/α,β-unsaturated/α-hetero) is 2. The Hall–Kier alpha value is -0.960. The van der Waals surface area contributed by atoms with Crippen LogP contribution in [0.15, 0.2) is 11.6 Å². The highest BCUT2D eigenvalue weighted by Gasteiger charge is 2.57. The summed E-state index contributed by atoms with van der Waals surface area (Å²) >= 11 is 0. The van der Waals surface area contributed by atoms with E-state index < -0.39 is 5.41 Å². The van der Waals surface area contributed by atoms with Crippen LogP contribution in [0.1, 0.15) is 66.2 Å². The molecular formula is C20H30O3. The zero-order valence-electron chi connectivity index (χ0n) is 14.9. The molecule has 0 aliphatic heterocycles. The topological polar surface area (TPSA) is 54.4 Å². The van der Waals surface area contributed by atoms with Crippen LogP contribution in [-0.4, -0.2) is 23.3 Å². The average Bonchev–Trinajstić information content (AvgIpc) is 2.50. The van der Waals surface area contributed by atoms with Gasteiger partial charge in [-0.25, -0.2) is 0 Å². The maximum atomic E-state index is 12.4. The van der Waals surface area contributed by atoms with Crippen LogP contribution in [-0.2, 0) is 9.59 Å². The predicted octanol–water partition coefficient (Wildman–Crippen LogP) is 3.70. The van der Waals surface area contributed by atoms with Crippen molar-refractivity contribution in [3.63, 3.8) is 0 Å². The minimum atomic E-state index is -0.496. The molecule has 0 radical (unpaired) electrons. The number of aliphatic hydroxyl groups is 1. The van der Waals surface area contributed by atoms with Crippen LogP contribution >= 0.6 is 0 Å². The lowest BCUT2D eigenvalue weighted by Crippen LogP contribution is -2.54. The van der Waals surface area contributed by atoms with Crippen molar-refractivity contribution in [3.05, 3.63) is 11.6 Å². The van der Waals surface area contributed by atoms with Gasteiger partial charge in [-0.2, -0.15) is 0 Å². The first-order valence-electron chi connectivity index (χ1n) is 9.04. The van der Waals surface area contributed by atoms with E-state index in [2.05, 4.69) is 26.8 Å². The molecule has 0 amide bonds. The van der Waals surface area contributed by atoms with Crippen LogP contribution in [0.4, 0.5) is 0 Å². The number of hydrogen-bond acceptors (Lipinski definition) is 3. The summed E-state index contributed by atoms with van der Waals surface area (Å²) in [5.74, 6) is 1.29. The van der Waals surface area contributed by atoms with Crippen molar-refractivity contribution < 1.29 is 14.7 Å². The van der Waals surface area contributed by atoms with Gasteiger partial charge in [0.15, 0.2) is 5.78 Å². The summed E-state index contributed by atoms with van der Waals surface area (Å²) in [4.78, 5) is 24.5. The average molecular weight is 318 g/mol. The van der Waals surface area contributed by atoms with E-state index in [0.717, 1.165) is 32.1 Å². The summed E-state index contributed by atoms with van der Waals surface area (Å²) in [6.07, 6.45) is 7.70. The van der Waals surface area contributed by atoms with Crippen molar-refractivity contribution in [2.45, 2.75) is 66.2 Å². The summed E-state index contributed by atoms with van der Waals surface area (Å²) in [6.45, 7) is 8.24. The lowest BCUT2D eigenvalue weighted by atomic mass is 9.45. The quantitative estimate of drug-likeness (QED) is 0.790. The Balaban J connectivity index is 1.96. The van der Waals surface area contributed by atoms with E-state index in [1.165, 1.54) is 5.57 Å². The molecule has 0 aromatic carbocycles. The predicted molar refractivity (Wildman–Crippen MR) is 89.9 cm³/mol. The van der Waals surface area contributed by atoms with E-state index in [4.69, 9.17) is 0 Å². The SMILES string of the molecule is CC1(C)C(=O)CC[C@@]2(C)[C@@H]3CC[C@](C)(C(=O)CO)C=C3CC[C@@H]12. The van der Waals surface area contributed by atoms with E-state index in [-0.39, 0.29) is 23.2 Å². The van der Waals surface area contributed by atoms with Crippen LogP contribution in [0.5, 0.6) is 0 Å². The lowest BCUT2D eigenvalue weighted by Gasteiger charge is -2.58. The minimum absolute atomic E-state index is 0.0603. The molecule has 3 heteroatoms. The number of carbonyl (C=O) groups excluding carboxylic acids is 2. The summed E-state index contributed by atoms with van der Waals surface area (Å²) < 4.78 is 0. The van der Waals surface area contributed by atoms with E-state index in [1.54, 1.807) is 0 Å². The van der Waals surface area contributed by atoms with Crippen molar-refractivity contribution in [1.29, 1.82) is 0 Å². The molecule has 0 saturated heterocycles. The van der Waals surface area contributed by atoms with Crippen molar-refractivity contribution >= 4 is 11.6 Å². The molecule has 4 atom stereocenters. The van der Waals surface area contributed by atoms with Crippen LogP contribution in [0.2, 0.25) is 0 Å². The Labute approximate surface area is 139 Å². The number of fused-ring (bicyclic) bond motifs is 3. The summed E-state index contributed by atoms with van der Waals surface area (Å²) in [6, 6.07) is 0. The van der Waals surface area contributed by atoms with Crippen molar-refractivity contribution in [3.8, 4) is 0 Å². The summed E-state index contributed by atoms with van der Waals surface area (Å²) in [5.41, 5.74) is 0.860. The van der Waals surface area contributed by atoms with E-state index in [0.29, 0.717) is 24.0 Å². The van der Waals surface area contributed by atoms with Gasteiger partial charge < -0.3 is 5.11 Å². The number of rotatable bonds is 2. The zero-order chi connectivity index (χ0) is 17.0. The second-order valence-electron chi connectivity index (χ2n) is 9.05. The van der Waals surface area contributed by atoms with Crippen molar-refractivity contribution in [1.82, 2.24) is 0 Å². The Morgan fingerprint density at radius 1 is 1.17 bits per heavy atom. The van der Waals surface area contributed by atoms with E-state index in [9.17, 15) is 14.7 Å². The normalized spacial score (nSPS) is 42.5. The van der Waals surface area contributed by atoms with Crippen LogP contribution in [0.3, 0.4) is 0 Å². The van der Waals surface area contributed by atoms with Crippen LogP contribution < -0.4 is 0 Å². The molecule has 3 rings (SSSR count). The standard InChI is InChI=1S/C20H30O3/c1-18(2)15-6-5-13-11-19(3,17(23)12-21)9-7-14(13)20(15,4)10-8-16(18)22/h11,14-15,21H,5-10,12H2,1-4H3/t14-,15+,19+,20+/m1/s1. The molecule has 0 spiro atoms.